The number of rotatable bonds is 7. The number of hydrogen-bond acceptors (Lipinski definition) is 7. The van der Waals surface area contributed by atoms with Gasteiger partial charge in [-0.2, -0.15) is 14.5 Å². The van der Waals surface area contributed by atoms with Crippen molar-refractivity contribution in [1.82, 2.24) is 35.0 Å². The zero-order chi connectivity index (χ0) is 27.6. The van der Waals surface area contributed by atoms with Crippen LogP contribution in [0.25, 0.3) is 27.9 Å². The molecule has 4 aromatic heterocycles. The summed E-state index contributed by atoms with van der Waals surface area (Å²) in [6, 6.07) is 19.5. The first-order chi connectivity index (χ1) is 19.5. The van der Waals surface area contributed by atoms with Crippen molar-refractivity contribution in [2.24, 2.45) is 0 Å². The molecule has 0 radical (unpaired) electrons. The molecule has 0 bridgehead atoms. The van der Waals surface area contributed by atoms with Crippen LogP contribution in [0.2, 0.25) is 5.02 Å². The van der Waals surface area contributed by atoms with E-state index in [0.29, 0.717) is 45.1 Å². The third-order valence-corrected chi connectivity index (χ3v) is 6.78. The number of tetrazole rings is 1. The maximum absolute atomic E-state index is 14.1. The van der Waals surface area contributed by atoms with Crippen molar-refractivity contribution in [3.05, 3.63) is 125 Å². The summed E-state index contributed by atoms with van der Waals surface area (Å²) in [6.45, 7) is 0. The summed E-state index contributed by atoms with van der Waals surface area (Å²) in [6.07, 6.45) is 8.32. The Morgan fingerprint density at radius 1 is 1.00 bits per heavy atom. The van der Waals surface area contributed by atoms with Crippen LogP contribution >= 0.6 is 11.6 Å². The summed E-state index contributed by atoms with van der Waals surface area (Å²) in [5.74, 6) is -0.783. The average Bonchev–Trinajstić information content (AvgIpc) is 3.67. The van der Waals surface area contributed by atoms with E-state index >= 15 is 0 Å². The molecule has 0 aliphatic heterocycles. The van der Waals surface area contributed by atoms with Crippen molar-refractivity contribution < 1.29 is 9.12 Å². The standard InChI is InChI=1S/C28H21ClFN9O/c29-22-7-9-25(38-17-33-35-36-38)23(12-22)19-6-8-26(39(40)16-19)27(10-18-4-2-1-3-5-18)37-15-21(14-34-37)20-11-24(30)28(31)32-13-20/h1-9,11-17,27H,10H2,(H2,31,32). The molecule has 0 saturated heterocycles. The lowest BCUT2D eigenvalue weighted by Gasteiger charge is -2.18. The highest BCUT2D eigenvalue weighted by molar-refractivity contribution is 6.31. The number of benzene rings is 2. The minimum absolute atomic E-state index is 0.173. The van der Waals surface area contributed by atoms with Crippen LogP contribution in [0, 0.1) is 11.0 Å². The molecule has 12 heteroatoms. The van der Waals surface area contributed by atoms with E-state index in [1.807, 2.05) is 36.4 Å². The summed E-state index contributed by atoms with van der Waals surface area (Å²) < 4.78 is 18.1. The molecule has 0 fully saturated rings. The van der Waals surface area contributed by atoms with E-state index in [9.17, 15) is 9.60 Å². The van der Waals surface area contributed by atoms with Crippen LogP contribution in [0.15, 0.2) is 97.8 Å². The number of aromatic nitrogens is 8. The summed E-state index contributed by atoms with van der Waals surface area (Å²) >= 11 is 6.30. The minimum atomic E-state index is -0.610. The summed E-state index contributed by atoms with van der Waals surface area (Å²) in [5.41, 5.74) is 10.2. The van der Waals surface area contributed by atoms with Crippen molar-refractivity contribution in [2.75, 3.05) is 5.73 Å². The first-order valence-electron chi connectivity index (χ1n) is 12.2. The van der Waals surface area contributed by atoms with E-state index in [2.05, 4.69) is 25.6 Å². The second-order valence-electron chi connectivity index (χ2n) is 9.09. The zero-order valence-electron chi connectivity index (χ0n) is 20.8. The van der Waals surface area contributed by atoms with Gasteiger partial charge in [-0.25, -0.2) is 9.37 Å². The Labute approximate surface area is 232 Å². The molecule has 40 heavy (non-hydrogen) atoms. The Morgan fingerprint density at radius 3 is 2.60 bits per heavy atom. The Bertz CT molecular complexity index is 1790. The highest BCUT2D eigenvalue weighted by Gasteiger charge is 2.25. The zero-order valence-corrected chi connectivity index (χ0v) is 21.6. The SMILES string of the molecule is Nc1ncc(-c2cnn(C(Cc3ccccc3)c3ccc(-c4cc(Cl)ccc4-n4cnnn4)c[n+]3[O-])c2)cc1F. The van der Waals surface area contributed by atoms with Crippen LogP contribution in [-0.4, -0.2) is 35.0 Å². The molecule has 0 aliphatic rings. The van der Waals surface area contributed by atoms with E-state index in [1.165, 1.54) is 29.5 Å². The molecular weight excluding hydrogens is 533 g/mol. The normalized spacial score (nSPS) is 11.9. The number of anilines is 1. The van der Waals surface area contributed by atoms with E-state index in [-0.39, 0.29) is 5.82 Å². The second-order valence-corrected chi connectivity index (χ2v) is 9.53. The van der Waals surface area contributed by atoms with Crippen LogP contribution in [0.5, 0.6) is 0 Å². The Balaban J connectivity index is 1.41. The summed E-state index contributed by atoms with van der Waals surface area (Å²) in [4.78, 5) is 3.91. The van der Waals surface area contributed by atoms with Crippen LogP contribution in [0.3, 0.4) is 0 Å². The van der Waals surface area contributed by atoms with E-state index in [1.54, 1.807) is 41.3 Å². The molecule has 6 rings (SSSR count). The predicted octanol–water partition coefficient (Wildman–Crippen LogP) is 4.43. The fourth-order valence-corrected chi connectivity index (χ4v) is 4.73. The Morgan fingerprint density at radius 2 is 1.85 bits per heavy atom. The highest BCUT2D eigenvalue weighted by Crippen LogP contribution is 2.31. The van der Waals surface area contributed by atoms with Gasteiger partial charge in [0.15, 0.2) is 17.8 Å². The van der Waals surface area contributed by atoms with Crippen molar-refractivity contribution in [2.45, 2.75) is 12.5 Å². The van der Waals surface area contributed by atoms with Gasteiger partial charge in [-0.15, -0.1) is 5.10 Å². The molecule has 1 unspecified atom stereocenters. The topological polar surface area (TPSA) is 127 Å². The fourth-order valence-electron chi connectivity index (χ4n) is 4.56. The lowest BCUT2D eigenvalue weighted by Crippen LogP contribution is -2.36. The highest BCUT2D eigenvalue weighted by atomic mass is 35.5. The molecular formula is C28H21ClFN9O. The third-order valence-electron chi connectivity index (χ3n) is 6.55. The number of nitrogen functional groups attached to an aromatic ring is 1. The maximum atomic E-state index is 14.1. The molecule has 0 saturated carbocycles. The summed E-state index contributed by atoms with van der Waals surface area (Å²) in [5, 5.41) is 30.0. The van der Waals surface area contributed by atoms with Crippen LogP contribution in [0.1, 0.15) is 17.3 Å². The predicted molar refractivity (Wildman–Crippen MR) is 147 cm³/mol. The van der Waals surface area contributed by atoms with Gasteiger partial charge >= 0.3 is 0 Å². The van der Waals surface area contributed by atoms with Gasteiger partial charge < -0.3 is 10.9 Å². The van der Waals surface area contributed by atoms with Gasteiger partial charge in [-0.05, 0) is 46.3 Å². The second kappa shape index (κ2) is 10.5. The van der Waals surface area contributed by atoms with Crippen LogP contribution < -0.4 is 10.5 Å². The quantitative estimate of drug-likeness (QED) is 0.229. The molecule has 0 amide bonds. The Hall–Kier alpha value is -5.16. The molecule has 4 heterocycles. The molecule has 0 aliphatic carbocycles. The first kappa shape index (κ1) is 25.1. The van der Waals surface area contributed by atoms with Gasteiger partial charge in [0.05, 0.1) is 11.9 Å². The van der Waals surface area contributed by atoms with Gasteiger partial charge in [0.2, 0.25) is 5.69 Å². The van der Waals surface area contributed by atoms with E-state index in [0.717, 1.165) is 10.3 Å². The molecule has 6 aromatic rings. The van der Waals surface area contributed by atoms with Gasteiger partial charge in [0, 0.05) is 52.2 Å². The lowest BCUT2D eigenvalue weighted by molar-refractivity contribution is -0.615. The number of pyridine rings is 2. The first-order valence-corrected chi connectivity index (χ1v) is 12.6. The van der Waals surface area contributed by atoms with E-state index in [4.69, 9.17) is 17.3 Å². The smallest absolute Gasteiger partial charge is 0.217 e. The van der Waals surface area contributed by atoms with Gasteiger partial charge in [0.1, 0.15) is 12.4 Å². The third kappa shape index (κ3) is 4.97. The Kier molecular flexibility index (Phi) is 6.62. The van der Waals surface area contributed by atoms with Crippen molar-refractivity contribution in [3.63, 3.8) is 0 Å². The molecule has 1 atom stereocenters. The monoisotopic (exact) mass is 553 g/mol. The van der Waals surface area contributed by atoms with Crippen LogP contribution in [-0.2, 0) is 6.42 Å². The molecule has 0 spiro atoms. The largest absolute Gasteiger partial charge is 0.618 e. The minimum Gasteiger partial charge on any atom is -0.618 e. The molecule has 10 nitrogen and oxygen atoms in total. The number of nitrogens with two attached hydrogens (primary N) is 1. The lowest BCUT2D eigenvalue weighted by atomic mass is 10.0. The number of hydrogen-bond donors (Lipinski definition) is 1. The number of halogens is 2. The fraction of sp³-hybridized carbons (Fsp3) is 0.0714. The maximum Gasteiger partial charge on any atom is 0.217 e. The summed E-state index contributed by atoms with van der Waals surface area (Å²) in [7, 11) is 0. The van der Waals surface area contributed by atoms with Crippen molar-refractivity contribution in [3.8, 4) is 27.9 Å². The van der Waals surface area contributed by atoms with Crippen molar-refractivity contribution >= 4 is 17.4 Å². The van der Waals surface area contributed by atoms with Crippen LogP contribution in [0.4, 0.5) is 10.2 Å². The molecule has 2 N–H and O–H groups in total. The van der Waals surface area contributed by atoms with Gasteiger partial charge in [-0.1, -0.05) is 41.9 Å². The molecule has 2 aromatic carbocycles. The van der Waals surface area contributed by atoms with Gasteiger partial charge in [-0.3, -0.25) is 4.68 Å². The van der Waals surface area contributed by atoms with Crippen molar-refractivity contribution in [1.29, 1.82) is 0 Å². The van der Waals surface area contributed by atoms with E-state index < -0.39 is 11.9 Å². The number of nitrogens with zero attached hydrogens (tertiary/aromatic N) is 8. The molecule has 198 valence electrons. The average molecular weight is 554 g/mol. The van der Waals surface area contributed by atoms with Gasteiger partial charge in [0.25, 0.3) is 0 Å².